The van der Waals surface area contributed by atoms with Gasteiger partial charge in [0.2, 0.25) is 11.8 Å². The van der Waals surface area contributed by atoms with Crippen molar-refractivity contribution in [1.29, 1.82) is 0 Å². The van der Waals surface area contributed by atoms with Crippen LogP contribution in [0.4, 0.5) is 14.7 Å². The quantitative estimate of drug-likeness (QED) is 0.688. The van der Waals surface area contributed by atoms with Crippen LogP contribution in [0.1, 0.15) is 12.6 Å². The van der Waals surface area contributed by atoms with Gasteiger partial charge in [0.1, 0.15) is 17.8 Å². The number of hydrogen-bond acceptors (Lipinski definition) is 7. The van der Waals surface area contributed by atoms with E-state index < -0.39 is 6.61 Å². The smallest absolute Gasteiger partial charge is 0.387 e. The van der Waals surface area contributed by atoms with Crippen molar-refractivity contribution in [1.82, 2.24) is 24.7 Å². The van der Waals surface area contributed by atoms with Gasteiger partial charge in [-0.15, -0.1) is 5.10 Å². The third kappa shape index (κ3) is 4.21. The molecule has 3 rings (SSSR count). The van der Waals surface area contributed by atoms with E-state index in [2.05, 4.69) is 24.8 Å². The van der Waals surface area contributed by atoms with Crippen LogP contribution in [0.15, 0.2) is 36.8 Å². The van der Waals surface area contributed by atoms with E-state index >= 15 is 0 Å². The Kier molecular flexibility index (Phi) is 5.20. The zero-order valence-corrected chi connectivity index (χ0v) is 13.8. The Morgan fingerprint density at radius 3 is 2.81 bits per heavy atom. The van der Waals surface area contributed by atoms with Gasteiger partial charge in [-0.3, -0.25) is 0 Å². The van der Waals surface area contributed by atoms with Crippen LogP contribution in [0.25, 0.3) is 11.3 Å². The summed E-state index contributed by atoms with van der Waals surface area (Å²) in [5.74, 6) is 0.473. The fourth-order valence-electron chi connectivity index (χ4n) is 2.29. The Labute approximate surface area is 147 Å². The van der Waals surface area contributed by atoms with Crippen molar-refractivity contribution in [2.45, 2.75) is 20.1 Å². The molecule has 0 amide bonds. The molecule has 3 aromatic rings. The summed E-state index contributed by atoms with van der Waals surface area (Å²) in [4.78, 5) is 12.6. The fourth-order valence-corrected chi connectivity index (χ4v) is 2.29. The number of nitrogens with zero attached hydrogens (tertiary/aromatic N) is 5. The lowest BCUT2D eigenvalue weighted by Gasteiger charge is -2.11. The maximum atomic E-state index is 12.5. The average molecular weight is 362 g/mol. The maximum Gasteiger partial charge on any atom is 0.387 e. The van der Waals surface area contributed by atoms with Crippen LogP contribution in [0.3, 0.4) is 0 Å². The molecular formula is C16H16F2N6O2. The van der Waals surface area contributed by atoms with Gasteiger partial charge in [0, 0.05) is 5.56 Å². The summed E-state index contributed by atoms with van der Waals surface area (Å²) in [5.41, 5.74) is 7.03. The van der Waals surface area contributed by atoms with Crippen molar-refractivity contribution in [3.8, 4) is 22.9 Å². The van der Waals surface area contributed by atoms with E-state index in [1.54, 1.807) is 18.3 Å². The number of rotatable bonds is 7. The van der Waals surface area contributed by atoms with Crippen LogP contribution >= 0.6 is 0 Å². The number of alkyl halides is 2. The first-order valence-corrected chi connectivity index (χ1v) is 7.74. The van der Waals surface area contributed by atoms with Gasteiger partial charge in [0.15, 0.2) is 0 Å². The number of anilines is 1. The normalized spacial score (nSPS) is 10.9. The van der Waals surface area contributed by atoms with Crippen LogP contribution in [-0.4, -0.2) is 38.0 Å². The highest BCUT2D eigenvalue weighted by molar-refractivity contribution is 5.66. The Balaban J connectivity index is 1.96. The molecule has 0 atom stereocenters. The Morgan fingerprint density at radius 1 is 1.27 bits per heavy atom. The summed E-state index contributed by atoms with van der Waals surface area (Å²) in [6.07, 6.45) is 3.02. The van der Waals surface area contributed by atoms with E-state index in [-0.39, 0.29) is 11.7 Å². The number of halogens is 2. The van der Waals surface area contributed by atoms with E-state index in [4.69, 9.17) is 10.5 Å². The largest absolute Gasteiger partial charge is 0.476 e. The van der Waals surface area contributed by atoms with Gasteiger partial charge in [-0.05, 0) is 19.1 Å². The minimum Gasteiger partial charge on any atom is -0.476 e. The fraction of sp³-hybridized carbons (Fsp3) is 0.250. The van der Waals surface area contributed by atoms with Gasteiger partial charge in [-0.2, -0.15) is 8.78 Å². The van der Waals surface area contributed by atoms with Gasteiger partial charge in [-0.1, -0.05) is 12.1 Å². The van der Waals surface area contributed by atoms with Crippen LogP contribution in [0.5, 0.6) is 11.6 Å². The predicted molar refractivity (Wildman–Crippen MR) is 88.8 cm³/mol. The first kappa shape index (κ1) is 17.5. The molecule has 0 unspecified atom stereocenters. The van der Waals surface area contributed by atoms with Crippen LogP contribution in [-0.2, 0) is 6.54 Å². The second kappa shape index (κ2) is 7.72. The number of ether oxygens (including phenoxy) is 2. The third-order valence-corrected chi connectivity index (χ3v) is 3.28. The molecule has 2 N–H and O–H groups in total. The van der Waals surface area contributed by atoms with Gasteiger partial charge >= 0.3 is 6.61 Å². The molecule has 0 aliphatic heterocycles. The molecule has 2 heterocycles. The Bertz CT molecular complexity index is 887. The molecule has 8 nitrogen and oxygen atoms in total. The minimum absolute atomic E-state index is 0.0243. The van der Waals surface area contributed by atoms with Gasteiger partial charge in [-0.25, -0.2) is 19.6 Å². The minimum atomic E-state index is -2.91. The highest BCUT2D eigenvalue weighted by atomic mass is 19.3. The van der Waals surface area contributed by atoms with E-state index in [0.29, 0.717) is 36.0 Å². The first-order valence-electron chi connectivity index (χ1n) is 7.74. The lowest BCUT2D eigenvalue weighted by atomic mass is 10.1. The van der Waals surface area contributed by atoms with E-state index in [9.17, 15) is 8.78 Å². The van der Waals surface area contributed by atoms with Crippen molar-refractivity contribution in [2.24, 2.45) is 0 Å². The number of nitrogens with two attached hydrogens (primary N) is 1. The SMILES string of the molecule is CCOc1ncc(Cn2cnc(N)n2)nc1-c1cccc(OC(F)F)c1. The summed E-state index contributed by atoms with van der Waals surface area (Å²) in [7, 11) is 0. The topological polar surface area (TPSA) is 101 Å². The molecule has 26 heavy (non-hydrogen) atoms. The molecule has 0 fully saturated rings. The zero-order valence-electron chi connectivity index (χ0n) is 13.8. The van der Waals surface area contributed by atoms with E-state index in [0.717, 1.165) is 0 Å². The molecular weight excluding hydrogens is 346 g/mol. The summed E-state index contributed by atoms with van der Waals surface area (Å²) in [6, 6.07) is 6.19. The highest BCUT2D eigenvalue weighted by Gasteiger charge is 2.14. The predicted octanol–water partition coefficient (Wildman–Crippen LogP) is 2.37. The van der Waals surface area contributed by atoms with Crippen LogP contribution < -0.4 is 15.2 Å². The van der Waals surface area contributed by atoms with Crippen molar-refractivity contribution in [3.05, 3.63) is 42.5 Å². The highest BCUT2D eigenvalue weighted by Crippen LogP contribution is 2.29. The summed E-state index contributed by atoms with van der Waals surface area (Å²) < 4.78 is 36.4. The summed E-state index contributed by atoms with van der Waals surface area (Å²) >= 11 is 0. The summed E-state index contributed by atoms with van der Waals surface area (Å²) in [6.45, 7) is -0.419. The van der Waals surface area contributed by atoms with Crippen molar-refractivity contribution >= 4 is 5.95 Å². The van der Waals surface area contributed by atoms with Crippen molar-refractivity contribution in [2.75, 3.05) is 12.3 Å². The lowest BCUT2D eigenvalue weighted by molar-refractivity contribution is -0.0498. The molecule has 10 heteroatoms. The van der Waals surface area contributed by atoms with Crippen LogP contribution in [0, 0.1) is 0 Å². The lowest BCUT2D eigenvalue weighted by Crippen LogP contribution is -2.07. The molecule has 0 radical (unpaired) electrons. The van der Waals surface area contributed by atoms with Gasteiger partial charge in [0.05, 0.1) is 25.0 Å². The molecule has 0 saturated carbocycles. The Hall–Kier alpha value is -3.30. The molecule has 0 aliphatic rings. The Morgan fingerprint density at radius 2 is 2.12 bits per heavy atom. The second-order valence-electron chi connectivity index (χ2n) is 5.15. The van der Waals surface area contributed by atoms with Crippen LogP contribution in [0.2, 0.25) is 0 Å². The van der Waals surface area contributed by atoms with Crippen molar-refractivity contribution in [3.63, 3.8) is 0 Å². The van der Waals surface area contributed by atoms with E-state index in [1.165, 1.54) is 23.1 Å². The molecule has 0 spiro atoms. The molecule has 0 saturated heterocycles. The monoisotopic (exact) mass is 362 g/mol. The number of benzene rings is 1. The molecule has 136 valence electrons. The molecule has 1 aromatic carbocycles. The average Bonchev–Trinajstić information content (AvgIpc) is 3.01. The third-order valence-electron chi connectivity index (χ3n) is 3.28. The van der Waals surface area contributed by atoms with Gasteiger partial charge < -0.3 is 15.2 Å². The number of aromatic nitrogens is 5. The van der Waals surface area contributed by atoms with E-state index in [1.807, 2.05) is 6.92 Å². The van der Waals surface area contributed by atoms with Gasteiger partial charge in [0.25, 0.3) is 0 Å². The molecule has 0 aliphatic carbocycles. The molecule has 0 bridgehead atoms. The second-order valence-corrected chi connectivity index (χ2v) is 5.15. The standard InChI is InChI=1S/C16H16F2N6O2/c1-2-25-14-13(10-4-3-5-12(6-10)26-15(17)18)22-11(7-20-14)8-24-9-21-16(19)23-24/h3-7,9,15H,2,8H2,1H3,(H2,19,23). The number of nitrogen functional groups attached to an aromatic ring is 1. The first-order chi connectivity index (χ1) is 12.5. The zero-order chi connectivity index (χ0) is 18.5. The molecule has 2 aromatic heterocycles. The van der Waals surface area contributed by atoms with Crippen molar-refractivity contribution < 1.29 is 18.3 Å². The summed E-state index contributed by atoms with van der Waals surface area (Å²) in [5, 5.41) is 3.99. The maximum absolute atomic E-state index is 12.5. The number of hydrogen-bond donors (Lipinski definition) is 1.